The fourth-order valence-corrected chi connectivity index (χ4v) is 2.38. The molecule has 1 aromatic carbocycles. The van der Waals surface area contributed by atoms with E-state index in [-0.39, 0.29) is 10.6 Å². The fourth-order valence-electron chi connectivity index (χ4n) is 1.89. The van der Waals surface area contributed by atoms with Crippen LogP contribution in [-0.2, 0) is 6.54 Å². The van der Waals surface area contributed by atoms with Crippen molar-refractivity contribution < 1.29 is 4.92 Å². The highest BCUT2D eigenvalue weighted by Gasteiger charge is 2.13. The van der Waals surface area contributed by atoms with E-state index in [1.54, 1.807) is 12.1 Å². The molecule has 1 N–H and O–H groups in total. The Bertz CT molecular complexity index is 419. The first-order valence-corrected chi connectivity index (χ1v) is 6.32. The summed E-state index contributed by atoms with van der Waals surface area (Å²) in [6, 6.07) is 4.95. The molecule has 5 nitrogen and oxygen atoms in total. The summed E-state index contributed by atoms with van der Waals surface area (Å²) in [5, 5.41) is 13.9. The Morgan fingerprint density at radius 3 is 2.71 bits per heavy atom. The number of non-ortho nitro benzene ring substituents is 1. The molecule has 0 radical (unpaired) electrons. The number of hydrogen-bond acceptors (Lipinski definition) is 4. The van der Waals surface area contributed by atoms with E-state index in [0.29, 0.717) is 0 Å². The standard InChI is InChI=1S/C11H14BrN3O2/c12-11-7-10(15(16)17)2-1-9(11)8-14-5-3-13-4-6-14/h1-2,7,13H,3-6,8H2. The Hall–Kier alpha value is -0.980. The van der Waals surface area contributed by atoms with Crippen molar-refractivity contribution in [1.29, 1.82) is 0 Å². The summed E-state index contributed by atoms with van der Waals surface area (Å²) in [4.78, 5) is 12.6. The zero-order valence-electron chi connectivity index (χ0n) is 9.36. The van der Waals surface area contributed by atoms with Gasteiger partial charge in [0.05, 0.1) is 4.92 Å². The van der Waals surface area contributed by atoms with Gasteiger partial charge in [-0.2, -0.15) is 0 Å². The second kappa shape index (κ2) is 5.57. The quantitative estimate of drug-likeness (QED) is 0.682. The van der Waals surface area contributed by atoms with E-state index < -0.39 is 0 Å². The van der Waals surface area contributed by atoms with Gasteiger partial charge in [0, 0.05) is 49.3 Å². The minimum absolute atomic E-state index is 0.126. The number of piperazine rings is 1. The van der Waals surface area contributed by atoms with Gasteiger partial charge in [0.15, 0.2) is 0 Å². The molecule has 1 aliphatic rings. The van der Waals surface area contributed by atoms with Crippen LogP contribution in [-0.4, -0.2) is 36.0 Å². The lowest BCUT2D eigenvalue weighted by molar-refractivity contribution is -0.384. The molecule has 6 heteroatoms. The van der Waals surface area contributed by atoms with Gasteiger partial charge < -0.3 is 5.32 Å². The molecule has 0 unspecified atom stereocenters. The molecule has 1 saturated heterocycles. The van der Waals surface area contributed by atoms with E-state index in [1.807, 2.05) is 6.07 Å². The highest BCUT2D eigenvalue weighted by Crippen LogP contribution is 2.24. The van der Waals surface area contributed by atoms with Crippen LogP contribution in [0.2, 0.25) is 0 Å². The lowest BCUT2D eigenvalue weighted by Gasteiger charge is -2.27. The predicted octanol–water partition coefficient (Wildman–Crippen LogP) is 1.76. The molecule has 17 heavy (non-hydrogen) atoms. The predicted molar refractivity (Wildman–Crippen MR) is 68.9 cm³/mol. The monoisotopic (exact) mass is 299 g/mol. The smallest absolute Gasteiger partial charge is 0.270 e. The SMILES string of the molecule is O=[N+]([O-])c1ccc(CN2CCNCC2)c(Br)c1. The highest BCUT2D eigenvalue weighted by molar-refractivity contribution is 9.10. The van der Waals surface area contributed by atoms with E-state index in [4.69, 9.17) is 0 Å². The zero-order chi connectivity index (χ0) is 12.3. The van der Waals surface area contributed by atoms with Crippen LogP contribution in [0.25, 0.3) is 0 Å². The lowest BCUT2D eigenvalue weighted by Crippen LogP contribution is -2.42. The maximum atomic E-state index is 10.6. The molecule has 0 bridgehead atoms. The Kier molecular flexibility index (Phi) is 4.09. The minimum Gasteiger partial charge on any atom is -0.314 e. The number of nitrogens with zero attached hydrogens (tertiary/aromatic N) is 2. The zero-order valence-corrected chi connectivity index (χ0v) is 10.9. The molecular formula is C11H14BrN3O2. The maximum Gasteiger partial charge on any atom is 0.270 e. The topological polar surface area (TPSA) is 58.4 Å². The minimum atomic E-state index is -0.376. The van der Waals surface area contributed by atoms with Crippen molar-refractivity contribution in [2.45, 2.75) is 6.54 Å². The maximum absolute atomic E-state index is 10.6. The number of nitrogens with one attached hydrogen (secondary N) is 1. The Labute approximate surface area is 108 Å². The van der Waals surface area contributed by atoms with Crippen LogP contribution < -0.4 is 5.32 Å². The molecule has 0 spiro atoms. The van der Waals surface area contributed by atoms with Gasteiger partial charge in [-0.25, -0.2) is 0 Å². The molecule has 2 rings (SSSR count). The Balaban J connectivity index is 2.08. The first-order valence-electron chi connectivity index (χ1n) is 5.53. The third-order valence-electron chi connectivity index (χ3n) is 2.85. The first-order chi connectivity index (χ1) is 8.16. The highest BCUT2D eigenvalue weighted by atomic mass is 79.9. The molecule has 1 heterocycles. The fraction of sp³-hybridized carbons (Fsp3) is 0.455. The molecule has 92 valence electrons. The van der Waals surface area contributed by atoms with Crippen molar-refractivity contribution in [3.63, 3.8) is 0 Å². The second-order valence-electron chi connectivity index (χ2n) is 4.06. The van der Waals surface area contributed by atoms with Crippen molar-refractivity contribution in [1.82, 2.24) is 10.2 Å². The average Bonchev–Trinajstić information content (AvgIpc) is 2.33. The lowest BCUT2D eigenvalue weighted by atomic mass is 10.2. The van der Waals surface area contributed by atoms with E-state index in [1.165, 1.54) is 0 Å². The van der Waals surface area contributed by atoms with Crippen LogP contribution in [0.4, 0.5) is 5.69 Å². The van der Waals surface area contributed by atoms with Gasteiger partial charge in [-0.05, 0) is 11.6 Å². The van der Waals surface area contributed by atoms with E-state index >= 15 is 0 Å². The van der Waals surface area contributed by atoms with Crippen LogP contribution >= 0.6 is 15.9 Å². The molecule has 0 aliphatic carbocycles. The molecule has 1 aromatic rings. The summed E-state index contributed by atoms with van der Waals surface area (Å²) in [6.07, 6.45) is 0. The molecule has 1 aliphatic heterocycles. The van der Waals surface area contributed by atoms with Crippen LogP contribution in [0.5, 0.6) is 0 Å². The van der Waals surface area contributed by atoms with Crippen LogP contribution in [0.3, 0.4) is 0 Å². The molecule has 0 amide bonds. The van der Waals surface area contributed by atoms with Crippen LogP contribution in [0, 0.1) is 10.1 Å². The summed E-state index contributed by atoms with van der Waals surface area (Å²) >= 11 is 3.40. The van der Waals surface area contributed by atoms with Crippen molar-refractivity contribution in [3.8, 4) is 0 Å². The summed E-state index contributed by atoms with van der Waals surface area (Å²) in [5.74, 6) is 0. The van der Waals surface area contributed by atoms with Crippen molar-refractivity contribution >= 4 is 21.6 Å². The van der Waals surface area contributed by atoms with Gasteiger partial charge in [-0.1, -0.05) is 15.9 Å². The van der Waals surface area contributed by atoms with E-state index in [2.05, 4.69) is 26.1 Å². The Morgan fingerprint density at radius 2 is 2.12 bits per heavy atom. The number of benzene rings is 1. The molecular weight excluding hydrogens is 286 g/mol. The number of nitro groups is 1. The number of halogens is 1. The number of nitro benzene ring substituents is 1. The summed E-state index contributed by atoms with van der Waals surface area (Å²) in [6.45, 7) is 4.88. The van der Waals surface area contributed by atoms with Gasteiger partial charge in [0.2, 0.25) is 0 Å². The van der Waals surface area contributed by atoms with Gasteiger partial charge in [-0.15, -0.1) is 0 Å². The summed E-state index contributed by atoms with van der Waals surface area (Å²) < 4.78 is 0.810. The van der Waals surface area contributed by atoms with Gasteiger partial charge in [0.25, 0.3) is 5.69 Å². The third kappa shape index (κ3) is 3.24. The van der Waals surface area contributed by atoms with Crippen LogP contribution in [0.15, 0.2) is 22.7 Å². The van der Waals surface area contributed by atoms with Crippen LogP contribution in [0.1, 0.15) is 5.56 Å². The Morgan fingerprint density at radius 1 is 1.41 bits per heavy atom. The number of hydrogen-bond donors (Lipinski definition) is 1. The van der Waals surface area contributed by atoms with Gasteiger partial charge >= 0.3 is 0 Å². The normalized spacial score (nSPS) is 17.0. The van der Waals surface area contributed by atoms with E-state index in [9.17, 15) is 10.1 Å². The average molecular weight is 300 g/mol. The van der Waals surface area contributed by atoms with Gasteiger partial charge in [0.1, 0.15) is 0 Å². The summed E-state index contributed by atoms with van der Waals surface area (Å²) in [7, 11) is 0. The third-order valence-corrected chi connectivity index (χ3v) is 3.59. The number of rotatable bonds is 3. The van der Waals surface area contributed by atoms with Crippen molar-refractivity contribution in [3.05, 3.63) is 38.3 Å². The van der Waals surface area contributed by atoms with E-state index in [0.717, 1.165) is 42.8 Å². The second-order valence-corrected chi connectivity index (χ2v) is 4.91. The summed E-state index contributed by atoms with van der Waals surface area (Å²) in [5.41, 5.74) is 1.22. The van der Waals surface area contributed by atoms with Crippen molar-refractivity contribution in [2.75, 3.05) is 26.2 Å². The molecule has 1 fully saturated rings. The first kappa shape index (κ1) is 12.5. The molecule has 0 saturated carbocycles. The molecule has 0 atom stereocenters. The largest absolute Gasteiger partial charge is 0.314 e. The van der Waals surface area contributed by atoms with Gasteiger partial charge in [-0.3, -0.25) is 15.0 Å². The molecule has 0 aromatic heterocycles. The van der Waals surface area contributed by atoms with Crippen molar-refractivity contribution in [2.24, 2.45) is 0 Å².